The molecule has 312 valence electrons. The monoisotopic (exact) mass is 845 g/mol. The van der Waals surface area contributed by atoms with Gasteiger partial charge in [0.1, 0.15) is 23.3 Å². The first-order valence-electron chi connectivity index (χ1n) is 19.4. The second-order valence-corrected chi connectivity index (χ2v) is 16.2. The smallest absolute Gasteiger partial charge is 0.417 e. The predicted octanol–water partition coefficient (Wildman–Crippen LogP) is 6.07. The number of thiocarbonyl (C=S) groups is 1. The number of hydrogen-bond acceptors (Lipinski definition) is 10. The maximum atomic E-state index is 15.5. The first kappa shape index (κ1) is 40.9. The van der Waals surface area contributed by atoms with Crippen LogP contribution in [0.15, 0.2) is 65.3 Å². The van der Waals surface area contributed by atoms with Crippen LogP contribution in [0.4, 0.5) is 34.6 Å². The number of imide groups is 1. The lowest BCUT2D eigenvalue weighted by Crippen LogP contribution is -2.55. The van der Waals surface area contributed by atoms with E-state index in [1.807, 2.05) is 0 Å². The number of nitrogens with one attached hydrogen (secondary N) is 2. The van der Waals surface area contributed by atoms with E-state index in [-0.39, 0.29) is 53.0 Å². The topological polar surface area (TPSA) is 151 Å². The van der Waals surface area contributed by atoms with Crippen LogP contribution in [0.5, 0.6) is 5.75 Å². The molecule has 0 bridgehead atoms. The zero-order chi connectivity index (χ0) is 42.7. The van der Waals surface area contributed by atoms with E-state index in [1.165, 1.54) is 49.3 Å². The third kappa shape index (κ3) is 7.34. The van der Waals surface area contributed by atoms with Gasteiger partial charge in [0.05, 0.1) is 35.1 Å². The van der Waals surface area contributed by atoms with Gasteiger partial charge in [-0.25, -0.2) is 4.39 Å². The third-order valence-electron chi connectivity index (χ3n) is 11.8. The number of furan rings is 1. The van der Waals surface area contributed by atoms with E-state index in [0.717, 1.165) is 17.0 Å². The molecule has 3 saturated heterocycles. The largest absolute Gasteiger partial charge is 0.489 e. The quantitative estimate of drug-likeness (QED) is 0.109. The second-order valence-electron chi connectivity index (χ2n) is 15.8. The maximum absolute atomic E-state index is 15.5. The highest BCUT2D eigenvalue weighted by atomic mass is 32.1. The van der Waals surface area contributed by atoms with E-state index in [4.69, 9.17) is 21.4 Å². The van der Waals surface area contributed by atoms with Gasteiger partial charge in [-0.05, 0) is 93.9 Å². The lowest BCUT2D eigenvalue weighted by Gasteiger charge is -2.39. The molecule has 3 aromatic carbocycles. The highest BCUT2D eigenvalue weighted by Gasteiger charge is 2.55. The van der Waals surface area contributed by atoms with Crippen LogP contribution in [-0.4, -0.2) is 88.9 Å². The zero-order valence-electron chi connectivity index (χ0n) is 32.5. The van der Waals surface area contributed by atoms with Crippen molar-refractivity contribution in [3.63, 3.8) is 0 Å². The average Bonchev–Trinajstić information content (AvgIpc) is 3.88. The molecule has 1 saturated carbocycles. The van der Waals surface area contributed by atoms with Crippen LogP contribution in [0.1, 0.15) is 62.1 Å². The summed E-state index contributed by atoms with van der Waals surface area (Å²) in [6.45, 7) is 6.30. The van der Waals surface area contributed by atoms with Gasteiger partial charge in [-0.2, -0.15) is 18.4 Å². The number of ether oxygens (including phenoxy) is 1. The van der Waals surface area contributed by atoms with E-state index in [9.17, 15) is 37.6 Å². The van der Waals surface area contributed by atoms with Gasteiger partial charge in [-0.15, -0.1) is 0 Å². The molecule has 0 spiro atoms. The molecule has 2 N–H and O–H groups in total. The van der Waals surface area contributed by atoms with E-state index < -0.39 is 46.0 Å². The SMILES string of the molecule is CC1(C)C(=O)N(c2ccc(C#N)c(C(F)(F)F)c2)C(=S)N1c1ccc(OCCN2CCN(C3(C(=O)Nc4ccc5occ([C@H]6CCC(=O)NC6=O)c5c4)CC3)CC2)c(F)c1. The molecular weight excluding hydrogens is 807 g/mol. The van der Waals surface area contributed by atoms with Crippen LogP contribution >= 0.6 is 12.2 Å². The molecular formula is C42H39F4N7O6S. The molecule has 0 unspecified atom stereocenters. The molecule has 18 heteroatoms. The fourth-order valence-corrected chi connectivity index (χ4v) is 8.85. The van der Waals surface area contributed by atoms with Crippen LogP contribution in [0.2, 0.25) is 0 Å². The Labute approximate surface area is 346 Å². The molecule has 8 rings (SSSR count). The number of piperazine rings is 1. The van der Waals surface area contributed by atoms with Gasteiger partial charge in [0, 0.05) is 67.5 Å². The number of carbonyl (C=O) groups is 4. The molecule has 4 amide bonds. The summed E-state index contributed by atoms with van der Waals surface area (Å²) in [7, 11) is 0. The summed E-state index contributed by atoms with van der Waals surface area (Å²) in [5.41, 5.74) is -1.97. The number of benzene rings is 3. The minimum absolute atomic E-state index is 0.0307. The fourth-order valence-electron chi connectivity index (χ4n) is 8.33. The lowest BCUT2D eigenvalue weighted by molar-refractivity contribution is -0.138. The van der Waals surface area contributed by atoms with E-state index >= 15 is 4.39 Å². The Kier molecular flexibility index (Phi) is 10.4. The number of amides is 4. The Bertz CT molecular complexity index is 2490. The Hall–Kier alpha value is -5.90. The summed E-state index contributed by atoms with van der Waals surface area (Å²) in [5, 5.41) is 15.2. The highest BCUT2D eigenvalue weighted by Crippen LogP contribution is 2.44. The van der Waals surface area contributed by atoms with E-state index in [2.05, 4.69) is 20.4 Å². The van der Waals surface area contributed by atoms with Crippen molar-refractivity contribution in [1.82, 2.24) is 15.1 Å². The minimum atomic E-state index is -4.85. The van der Waals surface area contributed by atoms with Crippen molar-refractivity contribution >= 4 is 69.0 Å². The predicted molar refractivity (Wildman–Crippen MR) is 215 cm³/mol. The number of nitrogens with zero attached hydrogens (tertiary/aromatic N) is 5. The van der Waals surface area contributed by atoms with Crippen LogP contribution in [0.3, 0.4) is 0 Å². The maximum Gasteiger partial charge on any atom is 0.417 e. The van der Waals surface area contributed by atoms with Crippen molar-refractivity contribution in [2.45, 2.75) is 62.7 Å². The van der Waals surface area contributed by atoms with E-state index in [0.29, 0.717) is 80.3 Å². The first-order valence-corrected chi connectivity index (χ1v) is 19.8. The summed E-state index contributed by atoms with van der Waals surface area (Å²) in [6.07, 6.45) is -1.27. The molecule has 4 aliphatic rings. The van der Waals surface area contributed by atoms with Crippen molar-refractivity contribution in [1.29, 1.82) is 5.26 Å². The molecule has 1 aromatic heterocycles. The lowest BCUT2D eigenvalue weighted by atomic mass is 9.90. The van der Waals surface area contributed by atoms with Gasteiger partial charge in [0.15, 0.2) is 16.7 Å². The van der Waals surface area contributed by atoms with Crippen molar-refractivity contribution in [3.05, 3.63) is 83.4 Å². The van der Waals surface area contributed by atoms with Crippen molar-refractivity contribution in [2.75, 3.05) is 54.4 Å². The normalized spacial score (nSPS) is 20.6. The zero-order valence-corrected chi connectivity index (χ0v) is 33.3. The van der Waals surface area contributed by atoms with Crippen molar-refractivity contribution in [2.24, 2.45) is 0 Å². The molecule has 3 aliphatic heterocycles. The van der Waals surface area contributed by atoms with Gasteiger partial charge in [-0.3, -0.25) is 39.2 Å². The molecule has 4 fully saturated rings. The van der Waals surface area contributed by atoms with Crippen LogP contribution in [0.25, 0.3) is 11.0 Å². The van der Waals surface area contributed by atoms with Gasteiger partial charge in [-0.1, -0.05) is 0 Å². The number of carbonyl (C=O) groups excluding carboxylic acids is 4. The van der Waals surface area contributed by atoms with Crippen LogP contribution < -0.4 is 25.2 Å². The summed E-state index contributed by atoms with van der Waals surface area (Å²) >= 11 is 5.57. The highest BCUT2D eigenvalue weighted by molar-refractivity contribution is 7.81. The molecule has 13 nitrogen and oxygen atoms in total. The summed E-state index contributed by atoms with van der Waals surface area (Å²) in [6, 6.07) is 13.8. The summed E-state index contributed by atoms with van der Waals surface area (Å²) < 4.78 is 68.2. The van der Waals surface area contributed by atoms with E-state index in [1.54, 1.807) is 18.2 Å². The molecule has 1 atom stereocenters. The number of rotatable bonds is 10. The molecule has 4 heterocycles. The Morgan fingerprint density at radius 3 is 2.43 bits per heavy atom. The third-order valence-corrected chi connectivity index (χ3v) is 12.2. The average molecular weight is 846 g/mol. The summed E-state index contributed by atoms with van der Waals surface area (Å²) in [5.74, 6) is -2.68. The van der Waals surface area contributed by atoms with Crippen molar-refractivity contribution in [3.8, 4) is 11.8 Å². The Balaban J connectivity index is 0.851. The van der Waals surface area contributed by atoms with Gasteiger partial charge in [0.25, 0.3) is 5.91 Å². The molecule has 0 radical (unpaired) electrons. The standard InChI is InChI=1S/C42H39F4N7O6S/c1-40(2)38(57)52(26-5-3-24(22-47)31(20-26)42(44,45)46)39(60)53(40)27-6-9-34(32(43)21-27)58-18-17-50-13-15-51(16-14-50)41(11-12-41)37(56)48-25-4-8-33-29(19-25)30(23-59-33)28-7-10-35(54)49-36(28)55/h3-6,8-9,19-21,23,28H,7,10-18H2,1-2H3,(H,48,56)(H,49,54,55)/t28-/m1/s1. The number of anilines is 3. The Morgan fingerprint density at radius 1 is 1.03 bits per heavy atom. The summed E-state index contributed by atoms with van der Waals surface area (Å²) in [4.78, 5) is 58.1. The first-order chi connectivity index (χ1) is 28.5. The van der Waals surface area contributed by atoms with Gasteiger partial charge < -0.3 is 19.4 Å². The number of hydrogen-bond donors (Lipinski definition) is 2. The number of nitriles is 1. The second kappa shape index (κ2) is 15.3. The Morgan fingerprint density at radius 2 is 1.77 bits per heavy atom. The number of fused-ring (bicyclic) bond motifs is 1. The van der Waals surface area contributed by atoms with Crippen molar-refractivity contribution < 1.29 is 45.9 Å². The molecule has 60 heavy (non-hydrogen) atoms. The van der Waals surface area contributed by atoms with Gasteiger partial charge in [0.2, 0.25) is 17.7 Å². The number of halogens is 4. The fraction of sp³-hybridized carbons (Fsp3) is 0.381. The van der Waals surface area contributed by atoms with Crippen LogP contribution in [-0.2, 0) is 25.4 Å². The van der Waals surface area contributed by atoms with Crippen LogP contribution in [0, 0.1) is 17.1 Å². The van der Waals surface area contributed by atoms with Gasteiger partial charge >= 0.3 is 6.18 Å². The number of alkyl halides is 3. The number of piperidine rings is 1. The minimum Gasteiger partial charge on any atom is -0.489 e. The molecule has 1 aliphatic carbocycles. The molecule has 4 aromatic rings.